The third-order valence-electron chi connectivity index (χ3n) is 7.17. The molecule has 2 aliphatic rings. The summed E-state index contributed by atoms with van der Waals surface area (Å²) in [7, 11) is 2.06. The summed E-state index contributed by atoms with van der Waals surface area (Å²) in [5.74, 6) is 0.733. The summed E-state index contributed by atoms with van der Waals surface area (Å²) in [6.07, 6.45) is 9.63. The van der Waals surface area contributed by atoms with Crippen molar-refractivity contribution in [3.05, 3.63) is 85.1 Å². The van der Waals surface area contributed by atoms with Crippen molar-refractivity contribution in [2.45, 2.75) is 25.8 Å². The highest BCUT2D eigenvalue weighted by Gasteiger charge is 2.27. The number of rotatable bonds is 3. The molecule has 0 saturated carbocycles. The Bertz CT molecular complexity index is 1440. The largest absolute Gasteiger partial charge is 0.493 e. The standard InChI is InChI=1S/C32H36N6O3/c1-3-30(39)38-15-8-10-25(22-38)31(40)34-26-17-23-18-27(20-26)35-32-33-13-12-29(36-32)24-9-7-11-28(19-24)41-16-6-4-5-14-37(2)21-23/h3-5,7,9,11-13,17-20,25H,1,6,8,10,14-16,21-22H2,2H3,(H,34,40)(H,33,35,36)/b5-4+. The zero-order chi connectivity index (χ0) is 28.6. The first-order valence-electron chi connectivity index (χ1n) is 14.0. The van der Waals surface area contributed by atoms with Gasteiger partial charge in [0.05, 0.1) is 18.2 Å². The van der Waals surface area contributed by atoms with Crippen LogP contribution in [0.15, 0.2) is 79.5 Å². The van der Waals surface area contributed by atoms with E-state index in [4.69, 9.17) is 9.72 Å². The van der Waals surface area contributed by atoms with E-state index in [1.165, 1.54) is 6.08 Å². The molecular weight excluding hydrogens is 516 g/mol. The fourth-order valence-corrected chi connectivity index (χ4v) is 5.14. The van der Waals surface area contributed by atoms with Crippen molar-refractivity contribution in [2.24, 2.45) is 5.92 Å². The molecule has 212 valence electrons. The highest BCUT2D eigenvalue weighted by molar-refractivity contribution is 5.94. The number of nitrogens with zero attached hydrogens (tertiary/aromatic N) is 4. The number of hydrogen-bond acceptors (Lipinski definition) is 7. The second-order valence-corrected chi connectivity index (χ2v) is 10.5. The maximum atomic E-state index is 13.3. The van der Waals surface area contributed by atoms with Gasteiger partial charge in [-0.2, -0.15) is 0 Å². The predicted octanol–water partition coefficient (Wildman–Crippen LogP) is 5.02. The van der Waals surface area contributed by atoms with Crippen LogP contribution in [-0.4, -0.2) is 64.9 Å². The molecule has 0 aliphatic carbocycles. The van der Waals surface area contributed by atoms with E-state index in [9.17, 15) is 9.59 Å². The molecule has 5 rings (SSSR count). The van der Waals surface area contributed by atoms with Gasteiger partial charge in [-0.15, -0.1) is 0 Å². The number of fused-ring (bicyclic) bond motifs is 7. The Kier molecular flexibility index (Phi) is 9.05. The van der Waals surface area contributed by atoms with Crippen molar-refractivity contribution in [2.75, 3.05) is 43.9 Å². The monoisotopic (exact) mass is 552 g/mol. The number of carbonyl (C=O) groups is 2. The maximum Gasteiger partial charge on any atom is 0.245 e. The second kappa shape index (κ2) is 13.2. The molecule has 3 aromatic rings. The Morgan fingerprint density at radius 1 is 1.17 bits per heavy atom. The number of nitrogens with one attached hydrogen (secondary N) is 2. The normalized spacial score (nSPS) is 18.6. The Labute approximate surface area is 240 Å². The summed E-state index contributed by atoms with van der Waals surface area (Å²) < 4.78 is 5.95. The molecule has 3 heterocycles. The fraction of sp³-hybridized carbons (Fsp3) is 0.312. The number of aromatic nitrogens is 2. The molecule has 41 heavy (non-hydrogen) atoms. The lowest BCUT2D eigenvalue weighted by Gasteiger charge is -2.31. The summed E-state index contributed by atoms with van der Waals surface area (Å²) in [5.41, 5.74) is 4.19. The Morgan fingerprint density at radius 3 is 2.95 bits per heavy atom. The van der Waals surface area contributed by atoms with Gasteiger partial charge in [0, 0.05) is 49.3 Å². The minimum Gasteiger partial charge on any atom is -0.493 e. The highest BCUT2D eigenvalue weighted by Crippen LogP contribution is 2.27. The van der Waals surface area contributed by atoms with E-state index < -0.39 is 0 Å². The number of ether oxygens (including phenoxy) is 1. The molecule has 2 aliphatic heterocycles. The van der Waals surface area contributed by atoms with Crippen LogP contribution in [0.1, 0.15) is 24.8 Å². The molecule has 1 atom stereocenters. The second-order valence-electron chi connectivity index (χ2n) is 10.5. The van der Waals surface area contributed by atoms with Crippen LogP contribution in [0.2, 0.25) is 0 Å². The van der Waals surface area contributed by atoms with Crippen molar-refractivity contribution < 1.29 is 14.3 Å². The number of carbonyl (C=O) groups excluding carboxylic acids is 2. The third kappa shape index (κ3) is 7.58. The van der Waals surface area contributed by atoms with Gasteiger partial charge >= 0.3 is 0 Å². The SMILES string of the molecule is C=CC(=O)N1CCCC(C(=O)Nc2cc3cc(c2)Nc2nccc(n2)-c2cccc(c2)OCC/C=C/CN(C)C3)C1. The van der Waals surface area contributed by atoms with Gasteiger partial charge < -0.3 is 20.3 Å². The van der Waals surface area contributed by atoms with Gasteiger partial charge in [-0.05, 0) is 74.3 Å². The Balaban J connectivity index is 1.42. The van der Waals surface area contributed by atoms with Gasteiger partial charge in [0.25, 0.3) is 0 Å². The number of benzene rings is 2. The summed E-state index contributed by atoms with van der Waals surface area (Å²) >= 11 is 0. The number of amides is 2. The van der Waals surface area contributed by atoms with Crippen LogP contribution in [-0.2, 0) is 16.1 Å². The third-order valence-corrected chi connectivity index (χ3v) is 7.17. The summed E-state index contributed by atoms with van der Waals surface area (Å²) in [6, 6.07) is 15.7. The number of likely N-dealkylation sites (N-methyl/N-ethyl adjacent to an activating group) is 1. The minimum atomic E-state index is -0.279. The zero-order valence-electron chi connectivity index (χ0n) is 23.4. The zero-order valence-corrected chi connectivity index (χ0v) is 23.4. The van der Waals surface area contributed by atoms with Crippen LogP contribution in [0.25, 0.3) is 11.3 Å². The van der Waals surface area contributed by atoms with Crippen LogP contribution >= 0.6 is 0 Å². The average molecular weight is 553 g/mol. The van der Waals surface area contributed by atoms with Gasteiger partial charge in [0.2, 0.25) is 17.8 Å². The topological polar surface area (TPSA) is 99.7 Å². The van der Waals surface area contributed by atoms with E-state index >= 15 is 0 Å². The van der Waals surface area contributed by atoms with Crippen LogP contribution < -0.4 is 15.4 Å². The average Bonchev–Trinajstić information content (AvgIpc) is 2.98. The van der Waals surface area contributed by atoms with Crippen molar-refractivity contribution in [3.8, 4) is 17.0 Å². The van der Waals surface area contributed by atoms with Gasteiger partial charge in [-0.1, -0.05) is 30.9 Å². The summed E-state index contributed by atoms with van der Waals surface area (Å²) in [6.45, 7) is 6.66. The molecule has 1 saturated heterocycles. The molecule has 9 heteroatoms. The first-order valence-corrected chi connectivity index (χ1v) is 14.0. The Hall–Kier alpha value is -4.50. The molecule has 2 amide bonds. The lowest BCUT2D eigenvalue weighted by Crippen LogP contribution is -2.43. The molecule has 2 aromatic carbocycles. The lowest BCUT2D eigenvalue weighted by atomic mass is 9.97. The molecule has 0 spiro atoms. The number of piperidine rings is 1. The van der Waals surface area contributed by atoms with Crippen molar-refractivity contribution in [1.82, 2.24) is 19.8 Å². The van der Waals surface area contributed by atoms with E-state index in [0.29, 0.717) is 37.9 Å². The summed E-state index contributed by atoms with van der Waals surface area (Å²) in [4.78, 5) is 38.5. The highest BCUT2D eigenvalue weighted by atomic mass is 16.5. The first kappa shape index (κ1) is 28.0. The van der Waals surface area contributed by atoms with E-state index in [2.05, 4.69) is 52.4 Å². The van der Waals surface area contributed by atoms with Gasteiger partial charge in [-0.3, -0.25) is 14.5 Å². The van der Waals surface area contributed by atoms with Crippen LogP contribution in [0.4, 0.5) is 17.3 Å². The molecule has 2 N–H and O–H groups in total. The molecule has 6 bridgehead atoms. The van der Waals surface area contributed by atoms with E-state index in [0.717, 1.165) is 54.1 Å². The van der Waals surface area contributed by atoms with Crippen LogP contribution in [0.5, 0.6) is 5.75 Å². The molecular formula is C32H36N6O3. The predicted molar refractivity (Wildman–Crippen MR) is 161 cm³/mol. The fourth-order valence-electron chi connectivity index (χ4n) is 5.14. The van der Waals surface area contributed by atoms with E-state index in [1.807, 2.05) is 42.5 Å². The minimum absolute atomic E-state index is 0.0965. The van der Waals surface area contributed by atoms with E-state index in [-0.39, 0.29) is 17.7 Å². The molecule has 1 fully saturated rings. The van der Waals surface area contributed by atoms with Gasteiger partial charge in [0.1, 0.15) is 5.75 Å². The first-order chi connectivity index (χ1) is 20.0. The maximum absolute atomic E-state index is 13.3. The van der Waals surface area contributed by atoms with Crippen LogP contribution in [0, 0.1) is 5.92 Å². The number of hydrogen-bond donors (Lipinski definition) is 2. The molecule has 1 unspecified atom stereocenters. The van der Waals surface area contributed by atoms with Crippen molar-refractivity contribution in [1.29, 1.82) is 0 Å². The van der Waals surface area contributed by atoms with Crippen molar-refractivity contribution >= 4 is 29.1 Å². The molecule has 0 radical (unpaired) electrons. The van der Waals surface area contributed by atoms with Gasteiger partial charge in [-0.25, -0.2) is 9.97 Å². The number of anilines is 3. The summed E-state index contributed by atoms with van der Waals surface area (Å²) in [5, 5.41) is 6.43. The van der Waals surface area contributed by atoms with Crippen molar-refractivity contribution in [3.63, 3.8) is 0 Å². The molecule has 9 nitrogen and oxygen atoms in total. The Morgan fingerprint density at radius 2 is 2.07 bits per heavy atom. The molecule has 1 aromatic heterocycles. The quantitative estimate of drug-likeness (QED) is 0.348. The van der Waals surface area contributed by atoms with E-state index in [1.54, 1.807) is 11.1 Å². The smallest absolute Gasteiger partial charge is 0.245 e. The van der Waals surface area contributed by atoms with Crippen LogP contribution in [0.3, 0.4) is 0 Å². The van der Waals surface area contributed by atoms with Gasteiger partial charge in [0.15, 0.2) is 0 Å². The lowest BCUT2D eigenvalue weighted by molar-refractivity contribution is -0.130. The number of likely N-dealkylation sites (tertiary alicyclic amines) is 1.